The van der Waals surface area contributed by atoms with Gasteiger partial charge in [0.2, 0.25) is 0 Å². The molecule has 0 saturated heterocycles. The minimum absolute atomic E-state index is 0.907. The van der Waals surface area contributed by atoms with E-state index in [2.05, 4.69) is 49.9 Å². The molecule has 2 heteroatoms. The molecule has 1 heterocycles. The summed E-state index contributed by atoms with van der Waals surface area (Å²) in [6, 6.07) is 14.8. The molecule has 0 amide bonds. The first-order chi connectivity index (χ1) is 9.28. The van der Waals surface area contributed by atoms with Crippen LogP contribution in [0.1, 0.15) is 11.1 Å². The van der Waals surface area contributed by atoms with Crippen molar-refractivity contribution in [1.82, 2.24) is 4.98 Å². The number of rotatable bonds is 3. The number of benzene rings is 2. The lowest BCUT2D eigenvalue weighted by molar-refractivity contribution is 1.22. The Morgan fingerprint density at radius 3 is 2.84 bits per heavy atom. The monoisotopic (exact) mass is 265 g/mol. The molecule has 0 bridgehead atoms. The molecule has 0 saturated carbocycles. The zero-order valence-electron chi connectivity index (χ0n) is 10.9. The summed E-state index contributed by atoms with van der Waals surface area (Å²) in [7, 11) is 0. The van der Waals surface area contributed by atoms with E-state index < -0.39 is 0 Å². The molecule has 0 atom stereocenters. The number of fused-ring (bicyclic) bond motifs is 1. The first kappa shape index (κ1) is 12.1. The molecule has 2 aromatic carbocycles. The lowest BCUT2D eigenvalue weighted by Crippen LogP contribution is -1.88. The van der Waals surface area contributed by atoms with Crippen LogP contribution in [-0.4, -0.2) is 4.98 Å². The van der Waals surface area contributed by atoms with Crippen LogP contribution in [0.25, 0.3) is 20.8 Å². The maximum absolute atomic E-state index is 4.71. The fraction of sp³-hybridized carbons (Fsp3) is 0.118. The largest absolute Gasteiger partial charge is 0.236 e. The zero-order valence-corrected chi connectivity index (χ0v) is 11.7. The Morgan fingerprint density at radius 1 is 1.21 bits per heavy atom. The van der Waals surface area contributed by atoms with E-state index in [1.165, 1.54) is 21.4 Å². The molecule has 0 unspecified atom stereocenters. The summed E-state index contributed by atoms with van der Waals surface area (Å²) >= 11 is 1.75. The molecule has 0 aliphatic rings. The van der Waals surface area contributed by atoms with Crippen molar-refractivity contribution in [2.24, 2.45) is 0 Å². The second kappa shape index (κ2) is 4.98. The van der Waals surface area contributed by atoms with Gasteiger partial charge in [-0.05, 0) is 42.7 Å². The summed E-state index contributed by atoms with van der Waals surface area (Å²) in [4.78, 5) is 4.71. The van der Waals surface area contributed by atoms with Gasteiger partial charge in [-0.2, -0.15) is 0 Å². The highest BCUT2D eigenvalue weighted by Crippen LogP contribution is 2.31. The fourth-order valence-electron chi connectivity index (χ4n) is 2.18. The average Bonchev–Trinajstić information content (AvgIpc) is 2.85. The molecule has 0 fully saturated rings. The number of para-hydroxylation sites is 1. The van der Waals surface area contributed by atoms with E-state index in [1.54, 1.807) is 11.3 Å². The van der Waals surface area contributed by atoms with Crippen molar-refractivity contribution in [1.29, 1.82) is 0 Å². The van der Waals surface area contributed by atoms with Crippen LogP contribution in [0.2, 0.25) is 0 Å². The maximum Gasteiger partial charge on any atom is 0.124 e. The van der Waals surface area contributed by atoms with Crippen LogP contribution >= 0.6 is 11.3 Å². The molecular weight excluding hydrogens is 250 g/mol. The number of aromatic nitrogens is 1. The van der Waals surface area contributed by atoms with Crippen molar-refractivity contribution in [3.63, 3.8) is 0 Å². The number of allylic oxidation sites excluding steroid dienone is 1. The van der Waals surface area contributed by atoms with Gasteiger partial charge in [0.1, 0.15) is 5.01 Å². The Labute approximate surface area is 117 Å². The zero-order chi connectivity index (χ0) is 13.2. The Hall–Kier alpha value is -1.93. The van der Waals surface area contributed by atoms with E-state index in [0.717, 1.165) is 16.9 Å². The Morgan fingerprint density at radius 2 is 2.05 bits per heavy atom. The number of thiazole rings is 1. The lowest BCUT2D eigenvalue weighted by Gasteiger charge is -2.05. The molecule has 1 nitrogen and oxygen atoms in total. The van der Waals surface area contributed by atoms with E-state index in [4.69, 9.17) is 4.98 Å². The summed E-state index contributed by atoms with van der Waals surface area (Å²) in [5.74, 6) is 0. The van der Waals surface area contributed by atoms with Gasteiger partial charge < -0.3 is 0 Å². The van der Waals surface area contributed by atoms with E-state index in [0.29, 0.717) is 0 Å². The predicted octanol–water partition coefficient (Wildman–Crippen LogP) is 5.00. The standard InChI is InChI=1S/C17H15NS/c1-3-6-13-11-14(10-9-12(13)2)17-18-15-7-4-5-8-16(15)19-17/h3-5,7-11H,1,6H2,2H3. The Bertz CT molecular complexity index is 707. The van der Waals surface area contributed by atoms with Crippen LogP contribution in [-0.2, 0) is 6.42 Å². The van der Waals surface area contributed by atoms with Gasteiger partial charge in [0.15, 0.2) is 0 Å². The van der Waals surface area contributed by atoms with E-state index in [-0.39, 0.29) is 0 Å². The van der Waals surface area contributed by atoms with Gasteiger partial charge in [0, 0.05) is 5.56 Å². The second-order valence-electron chi connectivity index (χ2n) is 4.62. The van der Waals surface area contributed by atoms with Gasteiger partial charge in [0.25, 0.3) is 0 Å². The van der Waals surface area contributed by atoms with Gasteiger partial charge in [-0.3, -0.25) is 0 Å². The first-order valence-electron chi connectivity index (χ1n) is 6.34. The van der Waals surface area contributed by atoms with E-state index >= 15 is 0 Å². The molecule has 0 spiro atoms. The minimum Gasteiger partial charge on any atom is -0.236 e. The maximum atomic E-state index is 4.71. The molecule has 0 aliphatic carbocycles. The molecular formula is C17H15NS. The fourth-order valence-corrected chi connectivity index (χ4v) is 3.14. The van der Waals surface area contributed by atoms with E-state index in [1.807, 2.05) is 12.1 Å². The Kier molecular flexibility index (Phi) is 3.18. The van der Waals surface area contributed by atoms with Crippen molar-refractivity contribution < 1.29 is 0 Å². The van der Waals surface area contributed by atoms with Crippen molar-refractivity contribution in [2.75, 3.05) is 0 Å². The first-order valence-corrected chi connectivity index (χ1v) is 7.16. The highest BCUT2D eigenvalue weighted by molar-refractivity contribution is 7.21. The molecule has 19 heavy (non-hydrogen) atoms. The third kappa shape index (κ3) is 2.32. The molecule has 0 N–H and O–H groups in total. The summed E-state index contributed by atoms with van der Waals surface area (Å²) in [5, 5.41) is 1.09. The normalized spacial score (nSPS) is 10.8. The third-order valence-corrected chi connectivity index (χ3v) is 4.34. The van der Waals surface area contributed by atoms with Crippen LogP contribution in [0.4, 0.5) is 0 Å². The molecule has 3 rings (SSSR count). The van der Waals surface area contributed by atoms with Crippen LogP contribution < -0.4 is 0 Å². The van der Waals surface area contributed by atoms with Crippen LogP contribution in [0.3, 0.4) is 0 Å². The summed E-state index contributed by atoms with van der Waals surface area (Å²) in [5.41, 5.74) is 4.91. The SMILES string of the molecule is C=CCc1cc(-c2nc3ccccc3s2)ccc1C. The highest BCUT2D eigenvalue weighted by atomic mass is 32.1. The molecule has 0 aliphatic heterocycles. The van der Waals surface area contributed by atoms with Gasteiger partial charge in [-0.15, -0.1) is 17.9 Å². The molecule has 0 radical (unpaired) electrons. The topological polar surface area (TPSA) is 12.9 Å². The van der Waals surface area contributed by atoms with Gasteiger partial charge in [0.05, 0.1) is 10.2 Å². The minimum atomic E-state index is 0.907. The highest BCUT2D eigenvalue weighted by Gasteiger charge is 2.07. The summed E-state index contributed by atoms with van der Waals surface area (Å²) in [6.07, 6.45) is 2.86. The molecule has 3 aromatic rings. The quantitative estimate of drug-likeness (QED) is 0.607. The molecule has 94 valence electrons. The summed E-state index contributed by atoms with van der Waals surface area (Å²) in [6.45, 7) is 5.96. The number of aryl methyl sites for hydroxylation is 1. The van der Waals surface area contributed by atoms with Crippen LogP contribution in [0, 0.1) is 6.92 Å². The van der Waals surface area contributed by atoms with Crippen LogP contribution in [0.5, 0.6) is 0 Å². The summed E-state index contributed by atoms with van der Waals surface area (Å²) < 4.78 is 1.24. The average molecular weight is 265 g/mol. The van der Waals surface area contributed by atoms with Crippen molar-refractivity contribution in [3.8, 4) is 10.6 Å². The molecule has 1 aromatic heterocycles. The van der Waals surface area contributed by atoms with E-state index in [9.17, 15) is 0 Å². The van der Waals surface area contributed by atoms with Crippen molar-refractivity contribution in [3.05, 3.63) is 66.2 Å². The van der Waals surface area contributed by atoms with Crippen molar-refractivity contribution in [2.45, 2.75) is 13.3 Å². The van der Waals surface area contributed by atoms with Gasteiger partial charge >= 0.3 is 0 Å². The smallest absolute Gasteiger partial charge is 0.124 e. The third-order valence-electron chi connectivity index (χ3n) is 3.25. The number of nitrogens with zero attached hydrogens (tertiary/aromatic N) is 1. The predicted molar refractivity (Wildman–Crippen MR) is 83.7 cm³/mol. The van der Waals surface area contributed by atoms with Crippen molar-refractivity contribution >= 4 is 21.6 Å². The lowest BCUT2D eigenvalue weighted by atomic mass is 10.0. The van der Waals surface area contributed by atoms with Crippen LogP contribution in [0.15, 0.2) is 55.1 Å². The van der Waals surface area contributed by atoms with Gasteiger partial charge in [-0.1, -0.05) is 30.3 Å². The number of hydrogen-bond donors (Lipinski definition) is 0. The second-order valence-corrected chi connectivity index (χ2v) is 5.65. The number of hydrogen-bond acceptors (Lipinski definition) is 2. The Balaban J connectivity index is 2.10. The van der Waals surface area contributed by atoms with Gasteiger partial charge in [-0.25, -0.2) is 4.98 Å².